The van der Waals surface area contributed by atoms with Crippen LogP contribution in [0.25, 0.3) is 12.2 Å². The summed E-state index contributed by atoms with van der Waals surface area (Å²) >= 11 is 5.23. The normalized spacial score (nSPS) is 12.1. The summed E-state index contributed by atoms with van der Waals surface area (Å²) in [6, 6.07) is 9.17. The zero-order valence-electron chi connectivity index (χ0n) is 20.0. The molecule has 0 heterocycles. The Labute approximate surface area is 211 Å². The summed E-state index contributed by atoms with van der Waals surface area (Å²) < 4.78 is 55.1. The van der Waals surface area contributed by atoms with Crippen LogP contribution in [0.5, 0.6) is 0 Å². The second-order valence-corrected chi connectivity index (χ2v) is 11.8. The Balaban J connectivity index is 2.55. The SMILES string of the molecule is CNS(=O)(=O)c1cc(NC(C)=O)ccc1C=Cc1ccc(NC(=S)NC(C)C)cc1S(=O)(=O)NC. The first-order valence-corrected chi connectivity index (χ1v) is 13.8. The number of rotatable bonds is 9. The van der Waals surface area contributed by atoms with E-state index in [0.29, 0.717) is 27.6 Å². The van der Waals surface area contributed by atoms with E-state index in [1.807, 2.05) is 13.8 Å². The highest BCUT2D eigenvalue weighted by atomic mass is 32.2. The lowest BCUT2D eigenvalue weighted by molar-refractivity contribution is -0.114. The molecule has 0 unspecified atom stereocenters. The van der Waals surface area contributed by atoms with Crippen molar-refractivity contribution >= 4 is 66.8 Å². The largest absolute Gasteiger partial charge is 0.360 e. The monoisotopic (exact) mass is 539 g/mol. The number of hydrogen-bond acceptors (Lipinski definition) is 6. The van der Waals surface area contributed by atoms with Gasteiger partial charge in [-0.3, -0.25) is 4.79 Å². The third-order valence-corrected chi connectivity index (χ3v) is 7.74. The molecule has 0 saturated carbocycles. The molecular formula is C22H29N5O5S3. The standard InChI is InChI=1S/C22H29N5O5S3/c1-14(2)25-22(33)27-19-11-9-17(21(13-19)35(31,32)24-5)7-6-16-8-10-18(26-15(3)28)12-20(16)34(29,30)23-4/h6-14,23-24H,1-5H3,(H,26,28)(H2,25,27,33). The van der Waals surface area contributed by atoms with E-state index in [1.54, 1.807) is 18.2 Å². The van der Waals surface area contributed by atoms with Gasteiger partial charge in [0.1, 0.15) is 0 Å². The molecule has 0 saturated heterocycles. The van der Waals surface area contributed by atoms with Gasteiger partial charge in [0.2, 0.25) is 26.0 Å². The summed E-state index contributed by atoms with van der Waals surface area (Å²) in [6.45, 7) is 5.15. The van der Waals surface area contributed by atoms with Crippen molar-refractivity contribution in [1.82, 2.24) is 14.8 Å². The van der Waals surface area contributed by atoms with E-state index in [2.05, 4.69) is 25.4 Å². The average Bonchev–Trinajstić information content (AvgIpc) is 2.77. The van der Waals surface area contributed by atoms with Gasteiger partial charge in [0.05, 0.1) is 9.79 Å². The van der Waals surface area contributed by atoms with Crippen LogP contribution in [0, 0.1) is 0 Å². The molecular weight excluding hydrogens is 510 g/mol. The Morgan fingerprint density at radius 1 is 0.829 bits per heavy atom. The zero-order chi connectivity index (χ0) is 26.4. The summed E-state index contributed by atoms with van der Waals surface area (Å²) in [7, 11) is -5.17. The molecule has 0 aliphatic heterocycles. The molecule has 35 heavy (non-hydrogen) atoms. The van der Waals surface area contributed by atoms with Crippen molar-refractivity contribution in [2.24, 2.45) is 0 Å². The second-order valence-electron chi connectivity index (χ2n) is 7.69. The van der Waals surface area contributed by atoms with Crippen molar-refractivity contribution in [3.63, 3.8) is 0 Å². The molecule has 2 rings (SSSR count). The van der Waals surface area contributed by atoms with E-state index in [9.17, 15) is 21.6 Å². The molecule has 0 fully saturated rings. The van der Waals surface area contributed by atoms with Crippen LogP contribution in [0.1, 0.15) is 31.9 Å². The van der Waals surface area contributed by atoms with Crippen molar-refractivity contribution in [2.75, 3.05) is 24.7 Å². The van der Waals surface area contributed by atoms with Crippen LogP contribution >= 0.6 is 12.2 Å². The number of benzene rings is 2. The minimum atomic E-state index is -3.88. The molecule has 10 nitrogen and oxygen atoms in total. The molecule has 0 aromatic heterocycles. The van der Waals surface area contributed by atoms with Gasteiger partial charge in [0.25, 0.3) is 0 Å². The summed E-state index contributed by atoms with van der Waals surface area (Å²) in [5.41, 5.74) is 1.40. The van der Waals surface area contributed by atoms with Crippen LogP contribution in [-0.4, -0.2) is 48.0 Å². The van der Waals surface area contributed by atoms with E-state index in [-0.39, 0.29) is 21.7 Å². The van der Waals surface area contributed by atoms with Crippen LogP contribution < -0.4 is 25.4 Å². The summed E-state index contributed by atoms with van der Waals surface area (Å²) in [4.78, 5) is 11.3. The topological polar surface area (TPSA) is 146 Å². The molecule has 1 amide bonds. The van der Waals surface area contributed by atoms with E-state index >= 15 is 0 Å². The Bertz CT molecular complexity index is 1350. The van der Waals surface area contributed by atoms with Gasteiger partial charge in [-0.15, -0.1) is 0 Å². The minimum Gasteiger partial charge on any atom is -0.360 e. The van der Waals surface area contributed by atoms with E-state index in [4.69, 9.17) is 12.2 Å². The summed E-state index contributed by atoms with van der Waals surface area (Å²) in [5.74, 6) is -0.347. The quantitative estimate of drug-likeness (QED) is 0.241. The predicted molar refractivity (Wildman–Crippen MR) is 143 cm³/mol. The maximum Gasteiger partial charge on any atom is 0.240 e. The molecule has 0 aliphatic carbocycles. The van der Waals surface area contributed by atoms with Crippen molar-refractivity contribution in [3.05, 3.63) is 47.5 Å². The van der Waals surface area contributed by atoms with Gasteiger partial charge in [0.15, 0.2) is 5.11 Å². The number of amides is 1. The molecule has 13 heteroatoms. The fraction of sp³-hybridized carbons (Fsp3) is 0.273. The minimum absolute atomic E-state index is 0.0264. The molecule has 0 bridgehead atoms. The first kappa shape index (κ1) is 28.4. The van der Waals surface area contributed by atoms with Gasteiger partial charge >= 0.3 is 0 Å². The lowest BCUT2D eigenvalue weighted by Gasteiger charge is -2.15. The number of thiocarbonyl (C=S) groups is 1. The highest BCUT2D eigenvalue weighted by Crippen LogP contribution is 2.26. The maximum absolute atomic E-state index is 12.7. The number of nitrogens with one attached hydrogen (secondary N) is 5. The van der Waals surface area contributed by atoms with Crippen molar-refractivity contribution in [2.45, 2.75) is 36.6 Å². The van der Waals surface area contributed by atoms with Crippen molar-refractivity contribution in [3.8, 4) is 0 Å². The number of carbonyl (C=O) groups is 1. The highest BCUT2D eigenvalue weighted by molar-refractivity contribution is 7.89. The van der Waals surface area contributed by atoms with Gasteiger partial charge < -0.3 is 16.0 Å². The van der Waals surface area contributed by atoms with Gasteiger partial charge in [0, 0.05) is 24.3 Å². The fourth-order valence-electron chi connectivity index (χ4n) is 3.00. The molecule has 0 atom stereocenters. The third-order valence-electron chi connectivity index (χ3n) is 4.58. The lowest BCUT2D eigenvalue weighted by Crippen LogP contribution is -2.34. The van der Waals surface area contributed by atoms with Gasteiger partial charge in [-0.25, -0.2) is 26.3 Å². The number of sulfonamides is 2. The molecule has 2 aromatic carbocycles. The second kappa shape index (κ2) is 11.7. The summed E-state index contributed by atoms with van der Waals surface area (Å²) in [5, 5.41) is 8.86. The van der Waals surface area contributed by atoms with E-state index in [0.717, 1.165) is 0 Å². The van der Waals surface area contributed by atoms with E-state index in [1.165, 1.54) is 51.4 Å². The van der Waals surface area contributed by atoms with Crippen molar-refractivity contribution < 1.29 is 21.6 Å². The molecule has 0 aliphatic rings. The van der Waals surface area contributed by atoms with Crippen LogP contribution in [-0.2, 0) is 24.8 Å². The Hall–Kier alpha value is -2.84. The molecule has 0 spiro atoms. The van der Waals surface area contributed by atoms with Gasteiger partial charge in [-0.05, 0) is 75.6 Å². The van der Waals surface area contributed by atoms with E-state index < -0.39 is 20.0 Å². The molecule has 190 valence electrons. The zero-order valence-corrected chi connectivity index (χ0v) is 22.4. The Morgan fingerprint density at radius 2 is 1.26 bits per heavy atom. The van der Waals surface area contributed by atoms with Gasteiger partial charge in [-0.2, -0.15) is 0 Å². The number of carbonyl (C=O) groups excluding carboxylic acids is 1. The molecule has 5 N–H and O–H groups in total. The Morgan fingerprint density at radius 3 is 1.63 bits per heavy atom. The first-order chi connectivity index (χ1) is 16.3. The number of hydrogen-bond donors (Lipinski definition) is 5. The van der Waals surface area contributed by atoms with Crippen molar-refractivity contribution in [1.29, 1.82) is 0 Å². The smallest absolute Gasteiger partial charge is 0.240 e. The van der Waals surface area contributed by atoms with Crippen LogP contribution in [0.3, 0.4) is 0 Å². The van der Waals surface area contributed by atoms with Crippen LogP contribution in [0.4, 0.5) is 11.4 Å². The highest BCUT2D eigenvalue weighted by Gasteiger charge is 2.19. The average molecular weight is 540 g/mol. The Kier molecular flexibility index (Phi) is 9.52. The molecule has 0 radical (unpaired) electrons. The first-order valence-electron chi connectivity index (χ1n) is 10.5. The number of anilines is 2. The van der Waals surface area contributed by atoms with Gasteiger partial charge in [-0.1, -0.05) is 24.3 Å². The fourth-order valence-corrected chi connectivity index (χ4v) is 5.25. The molecule has 2 aromatic rings. The van der Waals surface area contributed by atoms with Crippen LogP contribution in [0.2, 0.25) is 0 Å². The summed E-state index contributed by atoms with van der Waals surface area (Å²) in [6.07, 6.45) is 2.99. The predicted octanol–water partition coefficient (Wildman–Crippen LogP) is 2.33. The van der Waals surface area contributed by atoms with Crippen LogP contribution in [0.15, 0.2) is 46.2 Å². The lowest BCUT2D eigenvalue weighted by atomic mass is 10.1. The maximum atomic E-state index is 12.7. The third kappa shape index (κ3) is 7.83.